The van der Waals surface area contributed by atoms with E-state index in [9.17, 15) is 0 Å². The van der Waals surface area contributed by atoms with E-state index >= 15 is 0 Å². The molecule has 0 fully saturated rings. The third-order valence-electron chi connectivity index (χ3n) is 10.3. The number of fused-ring (bicyclic) bond motifs is 4. The molecule has 0 saturated heterocycles. The summed E-state index contributed by atoms with van der Waals surface area (Å²) >= 11 is 0. The van der Waals surface area contributed by atoms with Crippen LogP contribution in [0.5, 0.6) is 0 Å². The largest absolute Gasteiger partial charge is 0.456 e. The van der Waals surface area contributed by atoms with Crippen molar-refractivity contribution in [2.45, 2.75) is 6.17 Å². The number of benzene rings is 8. The summed E-state index contributed by atoms with van der Waals surface area (Å²) in [4.78, 5) is 7.57. The Bertz CT molecular complexity index is 2860. The molecule has 1 aliphatic heterocycles. The Labute approximate surface area is 314 Å². The van der Waals surface area contributed by atoms with Gasteiger partial charge >= 0.3 is 0 Å². The van der Waals surface area contributed by atoms with E-state index in [1.807, 2.05) is 6.07 Å². The highest BCUT2D eigenvalue weighted by molar-refractivity contribution is 6.17. The van der Waals surface area contributed by atoms with Crippen LogP contribution in [0.15, 0.2) is 210 Å². The van der Waals surface area contributed by atoms with Gasteiger partial charge in [-0.25, -0.2) is 0 Å². The molecule has 0 radical (unpaired) electrons. The number of allylic oxidation sites excluding steroid dienone is 1. The molecule has 10 rings (SSSR count). The van der Waals surface area contributed by atoms with E-state index in [0.29, 0.717) is 0 Å². The summed E-state index contributed by atoms with van der Waals surface area (Å²) in [5, 5.41) is 8.32. The number of hydrogen-bond acceptors (Lipinski definition) is 4. The molecule has 1 atom stereocenters. The van der Waals surface area contributed by atoms with Gasteiger partial charge in [0, 0.05) is 50.6 Å². The summed E-state index contributed by atoms with van der Waals surface area (Å²) < 4.78 is 6.72. The zero-order valence-electron chi connectivity index (χ0n) is 29.4. The topological polar surface area (TPSA) is 40.8 Å². The van der Waals surface area contributed by atoms with Gasteiger partial charge in [-0.05, 0) is 70.4 Å². The third-order valence-corrected chi connectivity index (χ3v) is 10.3. The molecule has 0 bridgehead atoms. The zero-order chi connectivity index (χ0) is 35.8. The quantitative estimate of drug-likeness (QED) is 0.181. The van der Waals surface area contributed by atoms with Crippen molar-refractivity contribution in [1.29, 1.82) is 0 Å². The SMILES string of the molecule is C1=C(c2cccc3oc4cc(N(c5ccccc5)c5ccccc5-c5ccccc5)ccc4c23)NC(c2ccccc2)N=C1c1ccc2ccccc2c1. The minimum Gasteiger partial charge on any atom is -0.456 e. The lowest BCUT2D eigenvalue weighted by Crippen LogP contribution is -2.25. The molecule has 256 valence electrons. The van der Waals surface area contributed by atoms with Gasteiger partial charge in [0.25, 0.3) is 0 Å². The molecule has 54 heavy (non-hydrogen) atoms. The summed E-state index contributed by atoms with van der Waals surface area (Å²) in [6, 6.07) is 68.1. The Morgan fingerprint density at radius 2 is 1.20 bits per heavy atom. The zero-order valence-corrected chi connectivity index (χ0v) is 29.4. The van der Waals surface area contributed by atoms with E-state index < -0.39 is 0 Å². The lowest BCUT2D eigenvalue weighted by atomic mass is 9.97. The van der Waals surface area contributed by atoms with Crippen LogP contribution in [0.2, 0.25) is 0 Å². The van der Waals surface area contributed by atoms with E-state index in [1.165, 1.54) is 10.8 Å². The van der Waals surface area contributed by atoms with E-state index in [2.05, 4.69) is 204 Å². The van der Waals surface area contributed by atoms with Crippen LogP contribution in [-0.2, 0) is 0 Å². The summed E-state index contributed by atoms with van der Waals surface area (Å²) in [6.45, 7) is 0. The van der Waals surface area contributed by atoms with E-state index in [1.54, 1.807) is 0 Å². The van der Waals surface area contributed by atoms with Crippen LogP contribution in [0, 0.1) is 0 Å². The molecule has 9 aromatic rings. The van der Waals surface area contributed by atoms with Crippen LogP contribution >= 0.6 is 0 Å². The van der Waals surface area contributed by atoms with Crippen molar-refractivity contribution in [3.05, 3.63) is 217 Å². The maximum Gasteiger partial charge on any atom is 0.145 e. The number of anilines is 3. The third kappa shape index (κ3) is 5.71. The summed E-state index contributed by atoms with van der Waals surface area (Å²) in [5.74, 6) is 0. The average Bonchev–Trinajstić information content (AvgIpc) is 3.63. The van der Waals surface area contributed by atoms with Crippen LogP contribution in [-0.4, -0.2) is 5.71 Å². The van der Waals surface area contributed by atoms with Crippen molar-refractivity contribution in [3.63, 3.8) is 0 Å². The van der Waals surface area contributed by atoms with Gasteiger partial charge in [0.05, 0.1) is 11.4 Å². The molecule has 0 spiro atoms. The van der Waals surface area contributed by atoms with Gasteiger partial charge in [-0.1, -0.05) is 146 Å². The van der Waals surface area contributed by atoms with Crippen molar-refractivity contribution in [2.24, 2.45) is 4.99 Å². The summed E-state index contributed by atoms with van der Waals surface area (Å²) in [5.41, 5.74) is 12.4. The molecule has 2 heterocycles. The van der Waals surface area contributed by atoms with Crippen molar-refractivity contribution in [2.75, 3.05) is 4.90 Å². The van der Waals surface area contributed by atoms with Gasteiger partial charge < -0.3 is 14.6 Å². The Balaban J connectivity index is 1.11. The van der Waals surface area contributed by atoms with Crippen LogP contribution < -0.4 is 10.2 Å². The lowest BCUT2D eigenvalue weighted by Gasteiger charge is -2.27. The standard InChI is InChI=1S/C50H35N3O/c1-4-16-35(17-5-1)41-23-12-13-25-46(41)53(39-21-8-3-9-22-39)40-29-30-43-48(32-40)54-47-26-14-24-42(49(43)47)45-33-44(51-50(52-45)36-18-6-2-7-19-36)38-28-27-34-15-10-11-20-37(34)31-38/h1-33,50,52H. The van der Waals surface area contributed by atoms with Crippen molar-refractivity contribution >= 4 is 61.2 Å². The smallest absolute Gasteiger partial charge is 0.145 e. The minimum atomic E-state index is -0.253. The molecule has 1 aromatic heterocycles. The number of para-hydroxylation sites is 2. The van der Waals surface area contributed by atoms with Crippen LogP contribution in [0.25, 0.3) is 49.5 Å². The predicted molar refractivity (Wildman–Crippen MR) is 225 cm³/mol. The first-order valence-electron chi connectivity index (χ1n) is 18.3. The van der Waals surface area contributed by atoms with Gasteiger partial charge in [0.15, 0.2) is 0 Å². The maximum absolute atomic E-state index is 6.72. The molecular formula is C50H35N3O. The van der Waals surface area contributed by atoms with Crippen molar-refractivity contribution in [3.8, 4) is 11.1 Å². The van der Waals surface area contributed by atoms with Gasteiger partial charge in [0.2, 0.25) is 0 Å². The molecule has 4 heteroatoms. The fourth-order valence-corrected chi connectivity index (χ4v) is 7.70. The molecule has 0 aliphatic carbocycles. The van der Waals surface area contributed by atoms with Crippen LogP contribution in [0.1, 0.15) is 22.9 Å². The Morgan fingerprint density at radius 3 is 2.04 bits per heavy atom. The van der Waals surface area contributed by atoms with Crippen LogP contribution in [0.4, 0.5) is 17.1 Å². The van der Waals surface area contributed by atoms with Gasteiger partial charge in [-0.3, -0.25) is 4.99 Å². The number of nitrogens with one attached hydrogen (secondary N) is 1. The van der Waals surface area contributed by atoms with Gasteiger partial charge in [0.1, 0.15) is 17.3 Å². The van der Waals surface area contributed by atoms with Gasteiger partial charge in [-0.2, -0.15) is 0 Å². The van der Waals surface area contributed by atoms with E-state index in [-0.39, 0.29) is 6.17 Å². The first-order chi connectivity index (χ1) is 26.8. The van der Waals surface area contributed by atoms with Crippen LogP contribution in [0.3, 0.4) is 0 Å². The maximum atomic E-state index is 6.72. The molecular weight excluding hydrogens is 659 g/mol. The number of nitrogens with zero attached hydrogens (tertiary/aromatic N) is 2. The molecule has 0 saturated carbocycles. The van der Waals surface area contributed by atoms with Gasteiger partial charge in [-0.15, -0.1) is 0 Å². The second-order valence-electron chi connectivity index (χ2n) is 13.6. The van der Waals surface area contributed by atoms with E-state index in [4.69, 9.17) is 9.41 Å². The molecule has 8 aromatic carbocycles. The number of hydrogen-bond donors (Lipinski definition) is 1. The monoisotopic (exact) mass is 693 g/mol. The fraction of sp³-hybridized carbons (Fsp3) is 0.0200. The van der Waals surface area contributed by atoms with Crippen molar-refractivity contribution in [1.82, 2.24) is 5.32 Å². The molecule has 1 N–H and O–H groups in total. The molecule has 1 unspecified atom stereocenters. The lowest BCUT2D eigenvalue weighted by molar-refractivity contribution is 0.663. The highest BCUT2D eigenvalue weighted by Crippen LogP contribution is 2.43. The molecule has 0 amide bonds. The Hall–Kier alpha value is -7.17. The fourth-order valence-electron chi connectivity index (χ4n) is 7.70. The second kappa shape index (κ2) is 13.4. The first-order valence-corrected chi connectivity index (χ1v) is 18.3. The predicted octanol–water partition coefficient (Wildman–Crippen LogP) is 13.0. The molecule has 1 aliphatic rings. The summed E-state index contributed by atoms with van der Waals surface area (Å²) in [6.07, 6.45) is 1.93. The average molecular weight is 694 g/mol. The minimum absolute atomic E-state index is 0.253. The highest BCUT2D eigenvalue weighted by Gasteiger charge is 2.24. The second-order valence-corrected chi connectivity index (χ2v) is 13.6. The Kier molecular flexibility index (Phi) is 7.85. The summed E-state index contributed by atoms with van der Waals surface area (Å²) in [7, 11) is 0. The van der Waals surface area contributed by atoms with Crippen molar-refractivity contribution < 1.29 is 4.42 Å². The Morgan fingerprint density at radius 1 is 0.500 bits per heavy atom. The number of rotatable bonds is 7. The van der Waals surface area contributed by atoms with E-state index in [0.717, 1.165) is 78.2 Å². The highest BCUT2D eigenvalue weighted by atomic mass is 16.3. The molecule has 4 nitrogen and oxygen atoms in total. The normalized spacial score (nSPS) is 14.1. The number of furan rings is 1. The first kappa shape index (κ1) is 31.6. The number of aliphatic imine (C=N–C) groups is 1.